The van der Waals surface area contributed by atoms with Crippen LogP contribution in [0.4, 0.5) is 5.69 Å². The Morgan fingerprint density at radius 2 is 1.78 bits per heavy atom. The number of para-hydroxylation sites is 2. The van der Waals surface area contributed by atoms with Gasteiger partial charge in [0.15, 0.2) is 0 Å². The van der Waals surface area contributed by atoms with Crippen molar-refractivity contribution in [2.24, 2.45) is 0 Å². The van der Waals surface area contributed by atoms with Crippen molar-refractivity contribution in [2.75, 3.05) is 24.2 Å². The first-order valence-corrected chi connectivity index (χ1v) is 14.6. The molecule has 0 heterocycles. The molecule has 0 bridgehead atoms. The third-order valence-electron chi connectivity index (χ3n) is 5.68. The molecule has 0 aliphatic heterocycles. The summed E-state index contributed by atoms with van der Waals surface area (Å²) in [6.07, 6.45) is 1.76. The molecule has 0 radical (unpaired) electrons. The van der Waals surface area contributed by atoms with Crippen LogP contribution in [0, 0.1) is 0 Å². The molecule has 204 valence electrons. The molecule has 1 atom stereocenters. The number of anilines is 1. The van der Waals surface area contributed by atoms with E-state index in [0.717, 1.165) is 6.26 Å². The first-order chi connectivity index (χ1) is 17.4. The molecule has 2 aromatic carbocycles. The first kappa shape index (κ1) is 30.7. The fourth-order valence-corrected chi connectivity index (χ4v) is 5.39. The molecule has 1 N–H and O–H groups in total. The third kappa shape index (κ3) is 8.79. The molecule has 0 saturated heterocycles. The molecule has 0 saturated carbocycles. The normalized spacial score (nSPS) is 12.2. The lowest BCUT2D eigenvalue weighted by atomic mass is 10.1. The minimum Gasteiger partial charge on any atom is -0.495 e. The zero-order valence-electron chi connectivity index (χ0n) is 21.8. The van der Waals surface area contributed by atoms with Gasteiger partial charge in [-0.25, -0.2) is 8.42 Å². The van der Waals surface area contributed by atoms with Crippen molar-refractivity contribution >= 4 is 50.7 Å². The van der Waals surface area contributed by atoms with Gasteiger partial charge in [-0.05, 0) is 56.5 Å². The number of methoxy groups -OCH3 is 1. The van der Waals surface area contributed by atoms with Gasteiger partial charge in [-0.1, -0.05) is 48.3 Å². The van der Waals surface area contributed by atoms with Crippen LogP contribution >= 0.6 is 23.2 Å². The van der Waals surface area contributed by atoms with Gasteiger partial charge in [0.2, 0.25) is 21.8 Å². The molecule has 2 amide bonds. The van der Waals surface area contributed by atoms with E-state index in [2.05, 4.69) is 5.32 Å². The van der Waals surface area contributed by atoms with Crippen LogP contribution in [-0.2, 0) is 26.2 Å². The Labute approximate surface area is 229 Å². The summed E-state index contributed by atoms with van der Waals surface area (Å²) < 4.78 is 31.7. The Balaban J connectivity index is 2.28. The Morgan fingerprint density at radius 3 is 2.35 bits per heavy atom. The number of benzene rings is 2. The lowest BCUT2D eigenvalue weighted by molar-refractivity contribution is -0.141. The van der Waals surface area contributed by atoms with Crippen molar-refractivity contribution in [3.8, 4) is 5.75 Å². The summed E-state index contributed by atoms with van der Waals surface area (Å²) in [6.45, 7) is 5.72. The van der Waals surface area contributed by atoms with Gasteiger partial charge >= 0.3 is 0 Å². The van der Waals surface area contributed by atoms with E-state index in [4.69, 9.17) is 27.9 Å². The van der Waals surface area contributed by atoms with Crippen molar-refractivity contribution in [1.29, 1.82) is 0 Å². The van der Waals surface area contributed by atoms with Crippen molar-refractivity contribution in [3.05, 3.63) is 58.1 Å². The number of halogens is 2. The number of nitrogens with one attached hydrogen (secondary N) is 1. The Morgan fingerprint density at radius 1 is 1.11 bits per heavy atom. The number of ether oxygens (including phenoxy) is 1. The highest BCUT2D eigenvalue weighted by Gasteiger charge is 2.30. The number of hydrogen-bond donors (Lipinski definition) is 1. The van der Waals surface area contributed by atoms with Gasteiger partial charge in [0.05, 0.1) is 19.1 Å². The summed E-state index contributed by atoms with van der Waals surface area (Å²) in [6, 6.07) is 11.0. The lowest BCUT2D eigenvalue weighted by Crippen LogP contribution is -2.50. The smallest absolute Gasteiger partial charge is 0.243 e. The molecule has 0 aliphatic rings. The van der Waals surface area contributed by atoms with Crippen LogP contribution in [-0.4, -0.2) is 57.1 Å². The van der Waals surface area contributed by atoms with E-state index in [-0.39, 0.29) is 43.8 Å². The van der Waals surface area contributed by atoms with E-state index in [1.165, 1.54) is 16.3 Å². The molecular weight excluding hydrogens is 537 g/mol. The van der Waals surface area contributed by atoms with E-state index in [1.807, 2.05) is 20.8 Å². The van der Waals surface area contributed by atoms with Crippen LogP contribution in [0.5, 0.6) is 5.75 Å². The monoisotopic (exact) mass is 571 g/mol. The van der Waals surface area contributed by atoms with Crippen LogP contribution in [0.25, 0.3) is 0 Å². The van der Waals surface area contributed by atoms with Gasteiger partial charge in [0, 0.05) is 35.6 Å². The third-order valence-corrected chi connectivity index (χ3v) is 7.45. The molecule has 0 spiro atoms. The van der Waals surface area contributed by atoms with Crippen LogP contribution in [0.2, 0.25) is 10.0 Å². The zero-order chi connectivity index (χ0) is 27.8. The largest absolute Gasteiger partial charge is 0.495 e. The van der Waals surface area contributed by atoms with E-state index >= 15 is 0 Å². The van der Waals surface area contributed by atoms with Gasteiger partial charge < -0.3 is 15.0 Å². The van der Waals surface area contributed by atoms with Crippen LogP contribution in [0.15, 0.2) is 42.5 Å². The second-order valence-electron chi connectivity index (χ2n) is 8.96. The summed E-state index contributed by atoms with van der Waals surface area (Å²) in [5.41, 5.74) is 1.05. The minimum absolute atomic E-state index is 0.0256. The lowest BCUT2D eigenvalue weighted by Gasteiger charge is -2.32. The summed E-state index contributed by atoms with van der Waals surface area (Å²) >= 11 is 12.4. The SMILES string of the molecule is CC[C@H](C(=O)NC(C)C)N(Cc1ccc(Cl)cc1Cl)C(=O)CCCN(c1ccccc1OC)S(C)(=O)=O. The van der Waals surface area contributed by atoms with E-state index in [0.29, 0.717) is 33.5 Å². The average Bonchev–Trinajstić information content (AvgIpc) is 2.81. The van der Waals surface area contributed by atoms with Crippen molar-refractivity contribution in [1.82, 2.24) is 10.2 Å². The maximum Gasteiger partial charge on any atom is 0.243 e. The van der Waals surface area contributed by atoms with E-state index in [9.17, 15) is 18.0 Å². The van der Waals surface area contributed by atoms with Gasteiger partial charge in [-0.3, -0.25) is 13.9 Å². The summed E-state index contributed by atoms with van der Waals surface area (Å²) in [5.74, 6) is -0.136. The van der Waals surface area contributed by atoms with E-state index in [1.54, 1.807) is 42.5 Å². The number of nitrogens with zero attached hydrogens (tertiary/aromatic N) is 2. The Kier molecular flexibility index (Phi) is 11.5. The maximum atomic E-state index is 13.5. The molecule has 11 heteroatoms. The fourth-order valence-electron chi connectivity index (χ4n) is 3.95. The maximum absolute atomic E-state index is 13.5. The van der Waals surface area contributed by atoms with Crippen LogP contribution in [0.3, 0.4) is 0 Å². The number of carbonyl (C=O) groups is 2. The summed E-state index contributed by atoms with van der Waals surface area (Å²) in [5, 5.41) is 3.74. The molecule has 8 nitrogen and oxygen atoms in total. The van der Waals surface area contributed by atoms with Crippen LogP contribution in [0.1, 0.15) is 45.6 Å². The van der Waals surface area contributed by atoms with E-state index < -0.39 is 16.1 Å². The number of sulfonamides is 1. The van der Waals surface area contributed by atoms with Crippen molar-refractivity contribution in [2.45, 2.75) is 58.7 Å². The van der Waals surface area contributed by atoms with Crippen molar-refractivity contribution in [3.63, 3.8) is 0 Å². The highest BCUT2D eigenvalue weighted by atomic mass is 35.5. The molecule has 37 heavy (non-hydrogen) atoms. The zero-order valence-corrected chi connectivity index (χ0v) is 24.2. The van der Waals surface area contributed by atoms with Gasteiger partial charge in [-0.15, -0.1) is 0 Å². The second kappa shape index (κ2) is 13.9. The number of carbonyl (C=O) groups excluding carboxylic acids is 2. The van der Waals surface area contributed by atoms with Gasteiger partial charge in [0.25, 0.3) is 0 Å². The minimum atomic E-state index is -3.64. The van der Waals surface area contributed by atoms with Gasteiger partial charge in [0.1, 0.15) is 11.8 Å². The first-order valence-electron chi connectivity index (χ1n) is 12.0. The summed E-state index contributed by atoms with van der Waals surface area (Å²) in [4.78, 5) is 28.0. The predicted octanol–water partition coefficient (Wildman–Crippen LogP) is 4.88. The molecule has 0 aliphatic carbocycles. The second-order valence-corrected chi connectivity index (χ2v) is 11.7. The molecule has 2 rings (SSSR count). The number of rotatable bonds is 13. The standard InChI is InChI=1S/C26H35Cl2N3O5S/c1-6-22(26(33)29-18(2)3)30(17-19-13-14-20(27)16-21(19)28)25(32)12-9-15-31(37(5,34)35)23-10-7-8-11-24(23)36-4/h7-8,10-11,13-14,16,18,22H,6,9,12,15,17H2,1-5H3,(H,29,33)/t22-/m1/s1. The van der Waals surface area contributed by atoms with Gasteiger partial charge in [-0.2, -0.15) is 0 Å². The fraction of sp³-hybridized carbons (Fsp3) is 0.462. The topological polar surface area (TPSA) is 96.0 Å². The Hall–Kier alpha value is -2.49. The van der Waals surface area contributed by atoms with Crippen LogP contribution < -0.4 is 14.4 Å². The highest BCUT2D eigenvalue weighted by Crippen LogP contribution is 2.30. The summed E-state index contributed by atoms with van der Waals surface area (Å²) in [7, 11) is -2.17. The molecule has 0 unspecified atom stereocenters. The molecular formula is C26H35Cl2N3O5S. The average molecular weight is 573 g/mol. The quantitative estimate of drug-likeness (QED) is 0.369. The molecule has 2 aromatic rings. The number of hydrogen-bond acceptors (Lipinski definition) is 5. The Bertz CT molecular complexity index is 1190. The molecule has 0 aromatic heterocycles. The predicted molar refractivity (Wildman–Crippen MR) is 149 cm³/mol. The van der Waals surface area contributed by atoms with Crippen molar-refractivity contribution < 1.29 is 22.7 Å². The highest BCUT2D eigenvalue weighted by molar-refractivity contribution is 7.92. The number of amides is 2. The molecule has 0 fully saturated rings.